The summed E-state index contributed by atoms with van der Waals surface area (Å²) in [6.07, 6.45) is 2.42. The monoisotopic (exact) mass is 476 g/mol. The molecule has 3 heterocycles. The number of pyridine rings is 2. The van der Waals surface area contributed by atoms with Crippen LogP contribution in [0.3, 0.4) is 0 Å². The number of carboxylic acid groups (broad SMARTS) is 1. The zero-order valence-corrected chi connectivity index (χ0v) is 19.4. The van der Waals surface area contributed by atoms with E-state index in [0.717, 1.165) is 5.56 Å². The molecule has 0 unspecified atom stereocenters. The lowest BCUT2D eigenvalue weighted by Gasteiger charge is -2.14. The van der Waals surface area contributed by atoms with Crippen LogP contribution in [-0.2, 0) is 13.0 Å². The maximum Gasteiger partial charge on any atom is 0.410 e. The number of ether oxygens (including phenoxy) is 2. The summed E-state index contributed by atoms with van der Waals surface area (Å²) in [6, 6.07) is 10.4. The molecule has 0 spiro atoms. The molecule has 0 radical (unpaired) electrons. The van der Waals surface area contributed by atoms with Crippen LogP contribution in [0.5, 0.6) is 11.5 Å². The van der Waals surface area contributed by atoms with Crippen molar-refractivity contribution in [3.8, 4) is 22.6 Å². The summed E-state index contributed by atoms with van der Waals surface area (Å²) in [4.78, 5) is 37.5. The summed E-state index contributed by atoms with van der Waals surface area (Å²) in [6.45, 7) is 0.293. The Labute approximate surface area is 200 Å². The number of methoxy groups -OCH3 is 2. The van der Waals surface area contributed by atoms with E-state index in [-0.39, 0.29) is 11.4 Å². The van der Waals surface area contributed by atoms with E-state index in [1.54, 1.807) is 68.4 Å². The quantitative estimate of drug-likeness (QED) is 0.349. The molecule has 4 aromatic rings. The minimum absolute atomic E-state index is 0.212. The van der Waals surface area contributed by atoms with Gasteiger partial charge >= 0.3 is 6.09 Å². The molecular weight excluding hydrogens is 452 g/mol. The third kappa shape index (κ3) is 5.13. The minimum Gasteiger partial charge on any atom is -0.497 e. The molecule has 0 saturated carbocycles. The van der Waals surface area contributed by atoms with Crippen LogP contribution in [0.1, 0.15) is 5.56 Å². The number of benzene rings is 1. The number of nitrogens with one attached hydrogen (secondary N) is 2. The van der Waals surface area contributed by atoms with Crippen molar-refractivity contribution in [2.75, 3.05) is 31.9 Å². The van der Waals surface area contributed by atoms with Crippen LogP contribution in [0.2, 0.25) is 0 Å². The molecular formula is C24H24N6O5. The standard InChI is InChI=1S/C24H24N6O5/c1-25-23-27-13-16-11-19(15-9-17(34-2)12-18(10-15)35-3)22(31)30(21(16)29-23)7-5-14-4-6-26-20(8-14)28-24(32)33/h4,6,8-13H,5,7H2,1-3H3,(H,26,28)(H,32,33)(H,25,27,29). The van der Waals surface area contributed by atoms with Crippen LogP contribution < -0.4 is 25.7 Å². The molecule has 11 nitrogen and oxygen atoms in total. The van der Waals surface area contributed by atoms with Crippen molar-refractivity contribution in [3.63, 3.8) is 0 Å². The Morgan fingerprint density at radius 3 is 2.49 bits per heavy atom. The molecule has 11 heteroatoms. The Balaban J connectivity index is 1.82. The van der Waals surface area contributed by atoms with Gasteiger partial charge in [-0.15, -0.1) is 0 Å². The first-order valence-corrected chi connectivity index (χ1v) is 10.7. The highest BCUT2D eigenvalue weighted by atomic mass is 16.5. The SMILES string of the molecule is CNc1ncc2cc(-c3cc(OC)cc(OC)c3)c(=O)n(CCc3ccnc(NC(=O)O)c3)c2n1. The van der Waals surface area contributed by atoms with Crippen molar-refractivity contribution in [2.24, 2.45) is 0 Å². The van der Waals surface area contributed by atoms with Gasteiger partial charge in [0.2, 0.25) is 5.95 Å². The number of nitrogens with zero attached hydrogens (tertiary/aromatic N) is 4. The molecule has 4 rings (SSSR count). The van der Waals surface area contributed by atoms with E-state index in [0.29, 0.717) is 52.6 Å². The van der Waals surface area contributed by atoms with Crippen molar-refractivity contribution in [3.05, 3.63) is 64.7 Å². The van der Waals surface area contributed by atoms with E-state index in [4.69, 9.17) is 14.6 Å². The summed E-state index contributed by atoms with van der Waals surface area (Å²) in [5, 5.41) is 14.8. The van der Waals surface area contributed by atoms with Gasteiger partial charge in [-0.05, 0) is 47.9 Å². The number of hydrogen-bond donors (Lipinski definition) is 3. The first-order chi connectivity index (χ1) is 16.9. The van der Waals surface area contributed by atoms with Gasteiger partial charge in [0.05, 0.1) is 14.2 Å². The normalized spacial score (nSPS) is 10.7. The summed E-state index contributed by atoms with van der Waals surface area (Å²) in [5.74, 6) is 1.72. The summed E-state index contributed by atoms with van der Waals surface area (Å²) >= 11 is 0. The lowest BCUT2D eigenvalue weighted by Crippen LogP contribution is -2.24. The molecule has 180 valence electrons. The average molecular weight is 476 g/mol. The Morgan fingerprint density at radius 2 is 1.83 bits per heavy atom. The van der Waals surface area contributed by atoms with E-state index in [1.165, 1.54) is 6.20 Å². The number of aryl methyl sites for hydroxylation is 2. The molecule has 0 aliphatic rings. The Bertz CT molecular complexity index is 1430. The van der Waals surface area contributed by atoms with E-state index in [2.05, 4.69) is 25.6 Å². The van der Waals surface area contributed by atoms with Gasteiger partial charge in [0.1, 0.15) is 23.0 Å². The second-order valence-corrected chi connectivity index (χ2v) is 7.57. The zero-order valence-electron chi connectivity index (χ0n) is 19.4. The first kappa shape index (κ1) is 23.5. The number of aromatic nitrogens is 4. The topological polar surface area (TPSA) is 140 Å². The average Bonchev–Trinajstić information content (AvgIpc) is 2.87. The molecule has 0 fully saturated rings. The van der Waals surface area contributed by atoms with Gasteiger partial charge in [-0.3, -0.25) is 14.7 Å². The fraction of sp³-hybridized carbons (Fsp3) is 0.208. The van der Waals surface area contributed by atoms with Crippen LogP contribution in [0.4, 0.5) is 16.6 Å². The Hall–Kier alpha value is -4.67. The number of fused-ring (bicyclic) bond motifs is 1. The van der Waals surface area contributed by atoms with Gasteiger partial charge in [0.15, 0.2) is 0 Å². The minimum atomic E-state index is -1.20. The van der Waals surface area contributed by atoms with Crippen molar-refractivity contribution in [1.82, 2.24) is 19.5 Å². The second-order valence-electron chi connectivity index (χ2n) is 7.57. The number of anilines is 2. The van der Waals surface area contributed by atoms with Crippen LogP contribution in [0.15, 0.2) is 53.6 Å². The molecule has 3 aromatic heterocycles. The lowest BCUT2D eigenvalue weighted by atomic mass is 10.0. The predicted molar refractivity (Wildman–Crippen MR) is 131 cm³/mol. The van der Waals surface area contributed by atoms with E-state index in [1.807, 2.05) is 0 Å². The Kier molecular flexibility index (Phi) is 6.76. The van der Waals surface area contributed by atoms with Crippen LogP contribution >= 0.6 is 0 Å². The highest BCUT2D eigenvalue weighted by molar-refractivity contribution is 5.82. The van der Waals surface area contributed by atoms with Crippen molar-refractivity contribution < 1.29 is 19.4 Å². The molecule has 3 N–H and O–H groups in total. The summed E-state index contributed by atoms with van der Waals surface area (Å²) < 4.78 is 12.3. The van der Waals surface area contributed by atoms with E-state index < -0.39 is 6.09 Å². The molecule has 0 saturated heterocycles. The zero-order chi connectivity index (χ0) is 24.9. The highest BCUT2D eigenvalue weighted by Gasteiger charge is 2.15. The largest absolute Gasteiger partial charge is 0.497 e. The van der Waals surface area contributed by atoms with Gasteiger partial charge < -0.3 is 19.9 Å². The van der Waals surface area contributed by atoms with Gasteiger partial charge in [-0.2, -0.15) is 4.98 Å². The summed E-state index contributed by atoms with van der Waals surface area (Å²) in [7, 11) is 4.80. The lowest BCUT2D eigenvalue weighted by molar-refractivity contribution is 0.209. The van der Waals surface area contributed by atoms with E-state index >= 15 is 0 Å². The van der Waals surface area contributed by atoms with Crippen LogP contribution in [0, 0.1) is 0 Å². The fourth-order valence-corrected chi connectivity index (χ4v) is 3.71. The van der Waals surface area contributed by atoms with Crippen molar-refractivity contribution in [2.45, 2.75) is 13.0 Å². The highest BCUT2D eigenvalue weighted by Crippen LogP contribution is 2.29. The molecule has 0 aliphatic carbocycles. The number of carbonyl (C=O) groups is 1. The predicted octanol–water partition coefficient (Wildman–Crippen LogP) is 3.25. The number of hydrogen-bond acceptors (Lipinski definition) is 8. The third-order valence-corrected chi connectivity index (χ3v) is 5.40. The molecule has 0 atom stereocenters. The van der Waals surface area contributed by atoms with E-state index in [9.17, 15) is 9.59 Å². The molecule has 0 bridgehead atoms. The first-order valence-electron chi connectivity index (χ1n) is 10.7. The fourth-order valence-electron chi connectivity index (χ4n) is 3.71. The van der Waals surface area contributed by atoms with Gasteiger partial charge in [-0.25, -0.2) is 14.8 Å². The maximum atomic E-state index is 13.7. The van der Waals surface area contributed by atoms with Crippen LogP contribution in [0.25, 0.3) is 22.2 Å². The third-order valence-electron chi connectivity index (χ3n) is 5.40. The van der Waals surface area contributed by atoms with Crippen molar-refractivity contribution in [1.29, 1.82) is 0 Å². The molecule has 1 amide bonds. The molecule has 1 aromatic carbocycles. The molecule has 35 heavy (non-hydrogen) atoms. The second kappa shape index (κ2) is 10.1. The smallest absolute Gasteiger partial charge is 0.410 e. The van der Waals surface area contributed by atoms with Gasteiger partial charge in [-0.1, -0.05) is 0 Å². The maximum absolute atomic E-state index is 13.7. The van der Waals surface area contributed by atoms with Crippen molar-refractivity contribution >= 4 is 28.9 Å². The number of rotatable bonds is 8. The molecule has 0 aliphatic heterocycles. The van der Waals surface area contributed by atoms with Gasteiger partial charge in [0, 0.05) is 43.0 Å². The number of amides is 1. The van der Waals surface area contributed by atoms with Gasteiger partial charge in [0.25, 0.3) is 5.56 Å². The Morgan fingerprint density at radius 1 is 1.09 bits per heavy atom. The summed E-state index contributed by atoms with van der Waals surface area (Å²) in [5.41, 5.74) is 2.12. The van der Waals surface area contributed by atoms with Crippen LogP contribution in [-0.4, -0.2) is 52.0 Å².